The lowest BCUT2D eigenvalue weighted by Gasteiger charge is -2.06. The standard InChI is InChI=1S/C18H13Cl4N3O2/c1-9-12(8-23-17-14(21)5-10(19)6-15(17)22)18(26)25(24-9)11-3-4-13(20)16(7-11)27-2/h3-8,24H,1-2H3. The summed E-state index contributed by atoms with van der Waals surface area (Å²) in [5, 5.41) is 4.44. The van der Waals surface area contributed by atoms with Crippen molar-refractivity contribution >= 4 is 58.3 Å². The molecule has 9 heteroatoms. The summed E-state index contributed by atoms with van der Waals surface area (Å²) in [6.07, 6.45) is 1.42. The summed E-state index contributed by atoms with van der Waals surface area (Å²) in [6, 6.07) is 8.08. The zero-order valence-electron chi connectivity index (χ0n) is 14.2. The van der Waals surface area contributed by atoms with E-state index in [4.69, 9.17) is 51.1 Å². The van der Waals surface area contributed by atoms with Crippen LogP contribution in [0.3, 0.4) is 0 Å². The third-order valence-corrected chi connectivity index (χ3v) is 4.92. The van der Waals surface area contributed by atoms with Crippen LogP contribution in [-0.4, -0.2) is 23.1 Å². The van der Waals surface area contributed by atoms with Crippen molar-refractivity contribution < 1.29 is 4.74 Å². The van der Waals surface area contributed by atoms with E-state index in [1.165, 1.54) is 30.1 Å². The summed E-state index contributed by atoms with van der Waals surface area (Å²) in [6.45, 7) is 1.76. The van der Waals surface area contributed by atoms with Gasteiger partial charge in [-0.05, 0) is 31.2 Å². The van der Waals surface area contributed by atoms with Gasteiger partial charge in [-0.25, -0.2) is 4.68 Å². The molecule has 1 heterocycles. The number of halogens is 4. The van der Waals surface area contributed by atoms with E-state index in [-0.39, 0.29) is 5.56 Å². The van der Waals surface area contributed by atoms with Gasteiger partial charge in [0.05, 0.1) is 33.4 Å². The summed E-state index contributed by atoms with van der Waals surface area (Å²) in [4.78, 5) is 17.1. The Morgan fingerprint density at radius 3 is 2.37 bits per heavy atom. The van der Waals surface area contributed by atoms with Crippen molar-refractivity contribution in [3.8, 4) is 11.4 Å². The Kier molecular flexibility index (Phi) is 5.86. The first-order chi connectivity index (χ1) is 12.8. The zero-order chi connectivity index (χ0) is 19.7. The molecule has 2 aromatic carbocycles. The molecule has 0 spiro atoms. The first-order valence-electron chi connectivity index (χ1n) is 7.66. The Hall–Kier alpha value is -1.92. The minimum Gasteiger partial charge on any atom is -0.495 e. The predicted octanol–water partition coefficient (Wildman–Crippen LogP) is 5.85. The molecule has 140 valence electrons. The number of aromatic amines is 1. The van der Waals surface area contributed by atoms with E-state index < -0.39 is 0 Å². The van der Waals surface area contributed by atoms with Crippen LogP contribution in [0.5, 0.6) is 5.75 Å². The van der Waals surface area contributed by atoms with Crippen LogP contribution in [0.2, 0.25) is 20.1 Å². The molecule has 0 saturated heterocycles. The van der Waals surface area contributed by atoms with Crippen LogP contribution in [-0.2, 0) is 0 Å². The molecule has 5 nitrogen and oxygen atoms in total. The summed E-state index contributed by atoms with van der Waals surface area (Å²) in [5.41, 5.74) is 1.61. The van der Waals surface area contributed by atoms with Crippen molar-refractivity contribution in [2.24, 2.45) is 4.99 Å². The van der Waals surface area contributed by atoms with E-state index in [1.54, 1.807) is 25.1 Å². The van der Waals surface area contributed by atoms with E-state index in [9.17, 15) is 4.79 Å². The maximum absolute atomic E-state index is 12.8. The zero-order valence-corrected chi connectivity index (χ0v) is 17.2. The minimum atomic E-state index is -0.290. The average molecular weight is 445 g/mol. The highest BCUT2D eigenvalue weighted by Gasteiger charge is 2.13. The third kappa shape index (κ3) is 4.01. The Labute approximate surface area is 175 Å². The highest BCUT2D eigenvalue weighted by Crippen LogP contribution is 2.35. The van der Waals surface area contributed by atoms with Crippen LogP contribution in [0, 0.1) is 6.92 Å². The number of ether oxygens (including phenoxy) is 1. The monoisotopic (exact) mass is 443 g/mol. The van der Waals surface area contributed by atoms with E-state index in [0.29, 0.717) is 48.5 Å². The van der Waals surface area contributed by atoms with Crippen molar-refractivity contribution in [3.63, 3.8) is 0 Å². The van der Waals surface area contributed by atoms with E-state index in [0.717, 1.165) is 0 Å². The highest BCUT2D eigenvalue weighted by atomic mass is 35.5. The molecule has 0 radical (unpaired) electrons. The Morgan fingerprint density at radius 2 is 1.74 bits per heavy atom. The molecule has 0 fully saturated rings. The molecule has 1 N–H and O–H groups in total. The normalized spacial score (nSPS) is 11.3. The van der Waals surface area contributed by atoms with Gasteiger partial charge in [0.25, 0.3) is 5.56 Å². The number of H-pyrrole nitrogens is 1. The van der Waals surface area contributed by atoms with Gasteiger partial charge in [-0.15, -0.1) is 0 Å². The molecule has 0 saturated carbocycles. The van der Waals surface area contributed by atoms with Gasteiger partial charge in [-0.3, -0.25) is 14.9 Å². The van der Waals surface area contributed by atoms with Gasteiger partial charge < -0.3 is 4.74 Å². The Morgan fingerprint density at radius 1 is 1.07 bits per heavy atom. The third-order valence-electron chi connectivity index (χ3n) is 3.81. The van der Waals surface area contributed by atoms with Crippen molar-refractivity contribution in [3.05, 3.63) is 72.0 Å². The molecule has 1 aromatic heterocycles. The molecule has 0 aliphatic rings. The molecule has 0 aliphatic heterocycles. The van der Waals surface area contributed by atoms with Crippen molar-refractivity contribution in [1.82, 2.24) is 9.78 Å². The van der Waals surface area contributed by atoms with E-state index >= 15 is 0 Å². The maximum Gasteiger partial charge on any atom is 0.280 e. The highest BCUT2D eigenvalue weighted by molar-refractivity contribution is 6.41. The van der Waals surface area contributed by atoms with Crippen LogP contribution in [0.25, 0.3) is 5.69 Å². The number of aryl methyl sites for hydroxylation is 1. The first-order valence-corrected chi connectivity index (χ1v) is 9.17. The minimum absolute atomic E-state index is 0.290. The number of nitrogens with zero attached hydrogens (tertiary/aromatic N) is 2. The number of nitrogens with one attached hydrogen (secondary N) is 1. The molecular formula is C18H13Cl4N3O2. The second-order valence-corrected chi connectivity index (χ2v) is 7.24. The van der Waals surface area contributed by atoms with Gasteiger partial charge >= 0.3 is 0 Å². The molecular weight excluding hydrogens is 432 g/mol. The number of hydrogen-bond donors (Lipinski definition) is 1. The second-order valence-electron chi connectivity index (χ2n) is 5.59. The Bertz CT molecular complexity index is 1080. The summed E-state index contributed by atoms with van der Waals surface area (Å²) in [5.74, 6) is 0.461. The van der Waals surface area contributed by atoms with Crippen molar-refractivity contribution in [2.45, 2.75) is 6.92 Å². The fourth-order valence-electron chi connectivity index (χ4n) is 2.47. The SMILES string of the molecule is COc1cc(-n2[nH]c(C)c(C=Nc3c(Cl)cc(Cl)cc3Cl)c2=O)ccc1Cl. The van der Waals surface area contributed by atoms with Gasteiger partial charge in [-0.2, -0.15) is 0 Å². The number of methoxy groups -OCH3 is 1. The summed E-state index contributed by atoms with van der Waals surface area (Å²) < 4.78 is 6.57. The van der Waals surface area contributed by atoms with Crippen LogP contribution < -0.4 is 10.3 Å². The fourth-order valence-corrected chi connectivity index (χ4v) is 3.58. The van der Waals surface area contributed by atoms with Gasteiger partial charge in [0.15, 0.2) is 0 Å². The van der Waals surface area contributed by atoms with Gasteiger partial charge in [-0.1, -0.05) is 46.4 Å². The maximum atomic E-state index is 12.8. The number of rotatable bonds is 4. The summed E-state index contributed by atoms with van der Waals surface area (Å²) in [7, 11) is 1.51. The van der Waals surface area contributed by atoms with Gasteiger partial charge in [0.1, 0.15) is 11.4 Å². The molecule has 0 bridgehead atoms. The van der Waals surface area contributed by atoms with Crippen LogP contribution in [0.15, 0.2) is 40.1 Å². The Balaban J connectivity index is 2.04. The lowest BCUT2D eigenvalue weighted by atomic mass is 10.2. The lowest BCUT2D eigenvalue weighted by Crippen LogP contribution is -2.17. The smallest absolute Gasteiger partial charge is 0.280 e. The molecule has 27 heavy (non-hydrogen) atoms. The molecule has 0 atom stereocenters. The molecule has 3 aromatic rings. The van der Waals surface area contributed by atoms with E-state index in [1.807, 2.05) is 0 Å². The number of benzene rings is 2. The van der Waals surface area contributed by atoms with Gasteiger partial charge in [0.2, 0.25) is 0 Å². The molecule has 0 amide bonds. The first kappa shape index (κ1) is 19.8. The molecule has 0 unspecified atom stereocenters. The predicted molar refractivity (Wildman–Crippen MR) is 111 cm³/mol. The largest absolute Gasteiger partial charge is 0.495 e. The number of aromatic nitrogens is 2. The second kappa shape index (κ2) is 7.98. The van der Waals surface area contributed by atoms with Crippen LogP contribution in [0.1, 0.15) is 11.3 Å². The topological polar surface area (TPSA) is 59.4 Å². The fraction of sp³-hybridized carbons (Fsp3) is 0.111. The van der Waals surface area contributed by atoms with Crippen molar-refractivity contribution in [1.29, 1.82) is 0 Å². The van der Waals surface area contributed by atoms with Gasteiger partial charge in [0, 0.05) is 23.0 Å². The number of aliphatic imine (C=N–C) groups is 1. The molecule has 3 rings (SSSR count). The average Bonchev–Trinajstić information content (AvgIpc) is 2.89. The molecule has 0 aliphatic carbocycles. The summed E-state index contributed by atoms with van der Waals surface area (Å²) >= 11 is 24.2. The van der Waals surface area contributed by atoms with Crippen LogP contribution in [0.4, 0.5) is 5.69 Å². The number of hydrogen-bond acceptors (Lipinski definition) is 3. The quantitative estimate of drug-likeness (QED) is 0.513. The van der Waals surface area contributed by atoms with Crippen molar-refractivity contribution in [2.75, 3.05) is 7.11 Å². The lowest BCUT2D eigenvalue weighted by molar-refractivity contribution is 0.414. The van der Waals surface area contributed by atoms with E-state index in [2.05, 4.69) is 10.1 Å². The van der Waals surface area contributed by atoms with Crippen LogP contribution >= 0.6 is 46.4 Å².